The summed E-state index contributed by atoms with van der Waals surface area (Å²) in [5, 5.41) is 0. The molecule has 2 aliphatic rings. The first-order chi connectivity index (χ1) is 7.24. The standard InChI is InChI=1S/C10H8Br2O3/c11-5-1-7-9(8(12)2-5)13-3-6-4-14-10(7)15-6/h1-2,6,10H,3-4H2/t6-,10+/m0/s1. The highest BCUT2D eigenvalue weighted by molar-refractivity contribution is 9.11. The van der Waals surface area contributed by atoms with Crippen molar-refractivity contribution in [3.05, 3.63) is 26.6 Å². The maximum Gasteiger partial charge on any atom is 0.188 e. The first kappa shape index (κ1) is 10.1. The molecule has 2 bridgehead atoms. The summed E-state index contributed by atoms with van der Waals surface area (Å²) < 4.78 is 18.8. The largest absolute Gasteiger partial charge is 0.489 e. The highest BCUT2D eigenvalue weighted by Crippen LogP contribution is 2.42. The fraction of sp³-hybridized carbons (Fsp3) is 0.400. The highest BCUT2D eigenvalue weighted by atomic mass is 79.9. The molecule has 5 heteroatoms. The van der Waals surface area contributed by atoms with Crippen LogP contribution in [0.3, 0.4) is 0 Å². The molecule has 0 unspecified atom stereocenters. The summed E-state index contributed by atoms with van der Waals surface area (Å²) in [7, 11) is 0. The van der Waals surface area contributed by atoms with Crippen LogP contribution in [0.4, 0.5) is 0 Å². The third-order valence-corrected chi connectivity index (χ3v) is 3.50. The van der Waals surface area contributed by atoms with Crippen molar-refractivity contribution < 1.29 is 14.2 Å². The smallest absolute Gasteiger partial charge is 0.188 e. The van der Waals surface area contributed by atoms with Gasteiger partial charge in [-0.05, 0) is 28.1 Å². The summed E-state index contributed by atoms with van der Waals surface area (Å²) in [5.41, 5.74) is 0.941. The van der Waals surface area contributed by atoms with Crippen molar-refractivity contribution in [1.82, 2.24) is 0 Å². The molecule has 2 heterocycles. The van der Waals surface area contributed by atoms with Crippen LogP contribution >= 0.6 is 31.9 Å². The normalized spacial score (nSPS) is 28.1. The van der Waals surface area contributed by atoms with E-state index in [4.69, 9.17) is 14.2 Å². The van der Waals surface area contributed by atoms with Gasteiger partial charge in [-0.2, -0.15) is 0 Å². The molecule has 80 valence electrons. The zero-order valence-corrected chi connectivity index (χ0v) is 10.9. The van der Waals surface area contributed by atoms with E-state index in [1.807, 2.05) is 12.1 Å². The fourth-order valence-electron chi connectivity index (χ4n) is 1.78. The van der Waals surface area contributed by atoms with Gasteiger partial charge in [0, 0.05) is 4.47 Å². The van der Waals surface area contributed by atoms with Gasteiger partial charge >= 0.3 is 0 Å². The summed E-state index contributed by atoms with van der Waals surface area (Å²) >= 11 is 6.91. The van der Waals surface area contributed by atoms with Gasteiger partial charge in [0.15, 0.2) is 6.29 Å². The van der Waals surface area contributed by atoms with Gasteiger partial charge in [-0.15, -0.1) is 0 Å². The molecular formula is C10H8Br2O3. The maximum absolute atomic E-state index is 5.70. The van der Waals surface area contributed by atoms with Gasteiger partial charge in [0.1, 0.15) is 18.5 Å². The molecule has 0 N–H and O–H groups in total. The minimum Gasteiger partial charge on any atom is -0.489 e. The minimum absolute atomic E-state index is 0.0491. The van der Waals surface area contributed by atoms with E-state index in [1.165, 1.54) is 0 Å². The Balaban J connectivity index is 2.13. The Hall–Kier alpha value is -0.100. The van der Waals surface area contributed by atoms with Crippen LogP contribution in [0.15, 0.2) is 21.1 Å². The molecule has 3 rings (SSSR count). The molecule has 1 aromatic carbocycles. The Morgan fingerprint density at radius 2 is 2.07 bits per heavy atom. The Bertz CT molecular complexity index is 408. The lowest BCUT2D eigenvalue weighted by atomic mass is 10.2. The third-order valence-electron chi connectivity index (χ3n) is 2.45. The lowest BCUT2D eigenvalue weighted by molar-refractivity contribution is -0.0579. The van der Waals surface area contributed by atoms with Gasteiger partial charge in [-0.3, -0.25) is 0 Å². The van der Waals surface area contributed by atoms with Gasteiger partial charge in [0.2, 0.25) is 0 Å². The zero-order chi connectivity index (χ0) is 10.4. The van der Waals surface area contributed by atoms with Crippen molar-refractivity contribution in [2.75, 3.05) is 13.2 Å². The van der Waals surface area contributed by atoms with Gasteiger partial charge < -0.3 is 14.2 Å². The molecule has 1 aromatic rings. The van der Waals surface area contributed by atoms with Crippen LogP contribution in [0.25, 0.3) is 0 Å². The van der Waals surface area contributed by atoms with Crippen LogP contribution in [-0.4, -0.2) is 19.3 Å². The average molecular weight is 336 g/mol. The third kappa shape index (κ3) is 1.71. The van der Waals surface area contributed by atoms with Crippen LogP contribution in [0.2, 0.25) is 0 Å². The number of rotatable bonds is 0. The molecule has 0 saturated carbocycles. The molecule has 2 aliphatic heterocycles. The van der Waals surface area contributed by atoms with Crippen molar-refractivity contribution in [1.29, 1.82) is 0 Å². The maximum atomic E-state index is 5.70. The Morgan fingerprint density at radius 1 is 1.20 bits per heavy atom. The average Bonchev–Trinajstić information content (AvgIpc) is 2.55. The second kappa shape index (κ2) is 3.73. The lowest BCUT2D eigenvalue weighted by Crippen LogP contribution is -2.18. The quantitative estimate of drug-likeness (QED) is 0.729. The monoisotopic (exact) mass is 334 g/mol. The predicted molar refractivity (Wildman–Crippen MR) is 60.9 cm³/mol. The van der Waals surface area contributed by atoms with E-state index in [0.717, 1.165) is 20.3 Å². The van der Waals surface area contributed by atoms with Crippen LogP contribution < -0.4 is 4.74 Å². The summed E-state index contributed by atoms with van der Waals surface area (Å²) in [5.74, 6) is 0.824. The SMILES string of the molecule is Brc1cc(Br)c2c(c1)[C@@H]1OC[C@H](CO2)O1. The van der Waals surface area contributed by atoms with Crippen molar-refractivity contribution in [2.24, 2.45) is 0 Å². The topological polar surface area (TPSA) is 27.7 Å². The number of benzene rings is 1. The summed E-state index contributed by atoms with van der Waals surface area (Å²) in [4.78, 5) is 0. The first-order valence-corrected chi connectivity index (χ1v) is 6.21. The Morgan fingerprint density at radius 3 is 2.93 bits per heavy atom. The molecule has 15 heavy (non-hydrogen) atoms. The molecule has 0 aromatic heterocycles. The molecule has 0 amide bonds. The summed E-state index contributed by atoms with van der Waals surface area (Å²) in [6.45, 7) is 1.15. The van der Waals surface area contributed by atoms with Crippen molar-refractivity contribution in [2.45, 2.75) is 12.4 Å². The van der Waals surface area contributed by atoms with Gasteiger partial charge in [-0.1, -0.05) is 15.9 Å². The predicted octanol–water partition coefficient (Wildman–Crippen LogP) is 3.02. The Labute approximate surface area is 104 Å². The molecule has 1 fully saturated rings. The van der Waals surface area contributed by atoms with Gasteiger partial charge in [-0.25, -0.2) is 0 Å². The molecule has 0 spiro atoms. The van der Waals surface area contributed by atoms with E-state index in [2.05, 4.69) is 31.9 Å². The van der Waals surface area contributed by atoms with E-state index in [0.29, 0.717) is 13.2 Å². The van der Waals surface area contributed by atoms with Gasteiger partial charge in [0.25, 0.3) is 0 Å². The lowest BCUT2D eigenvalue weighted by Gasteiger charge is -2.15. The van der Waals surface area contributed by atoms with E-state index in [1.54, 1.807) is 0 Å². The van der Waals surface area contributed by atoms with Gasteiger partial charge in [0.05, 0.1) is 16.6 Å². The second-order valence-corrected chi connectivity index (χ2v) is 5.31. The van der Waals surface area contributed by atoms with Crippen molar-refractivity contribution >= 4 is 31.9 Å². The van der Waals surface area contributed by atoms with E-state index in [-0.39, 0.29) is 12.4 Å². The second-order valence-electron chi connectivity index (χ2n) is 3.54. The minimum atomic E-state index is -0.290. The van der Waals surface area contributed by atoms with Crippen LogP contribution in [0, 0.1) is 0 Å². The van der Waals surface area contributed by atoms with Crippen LogP contribution in [-0.2, 0) is 9.47 Å². The molecule has 2 atom stereocenters. The molecule has 0 radical (unpaired) electrons. The zero-order valence-electron chi connectivity index (χ0n) is 7.70. The van der Waals surface area contributed by atoms with Crippen LogP contribution in [0.5, 0.6) is 5.75 Å². The fourth-order valence-corrected chi connectivity index (χ4v) is 3.16. The van der Waals surface area contributed by atoms with Crippen LogP contribution in [0.1, 0.15) is 11.9 Å². The number of halogens is 2. The van der Waals surface area contributed by atoms with Crippen molar-refractivity contribution in [3.63, 3.8) is 0 Å². The van der Waals surface area contributed by atoms with E-state index < -0.39 is 0 Å². The highest BCUT2D eigenvalue weighted by Gasteiger charge is 2.34. The summed E-state index contributed by atoms with van der Waals surface area (Å²) in [6.07, 6.45) is -0.241. The Kier molecular flexibility index (Phi) is 2.51. The van der Waals surface area contributed by atoms with E-state index >= 15 is 0 Å². The number of hydrogen-bond donors (Lipinski definition) is 0. The molecular weight excluding hydrogens is 328 g/mol. The summed E-state index contributed by atoms with van der Waals surface area (Å²) in [6, 6.07) is 3.93. The first-order valence-electron chi connectivity index (χ1n) is 4.63. The molecule has 0 aliphatic carbocycles. The van der Waals surface area contributed by atoms with Crippen molar-refractivity contribution in [3.8, 4) is 5.75 Å². The molecule has 3 nitrogen and oxygen atoms in total. The number of fused-ring (bicyclic) bond motifs is 4. The van der Waals surface area contributed by atoms with E-state index in [9.17, 15) is 0 Å². The molecule has 1 saturated heterocycles. The number of hydrogen-bond acceptors (Lipinski definition) is 3. The number of ether oxygens (including phenoxy) is 3.